The van der Waals surface area contributed by atoms with Crippen LogP contribution in [0.3, 0.4) is 0 Å². The summed E-state index contributed by atoms with van der Waals surface area (Å²) in [6.07, 6.45) is 0. The zero-order valence-electron chi connectivity index (χ0n) is 16.7. The van der Waals surface area contributed by atoms with Gasteiger partial charge in [-0.3, -0.25) is 4.79 Å². The third-order valence-corrected chi connectivity index (χ3v) is 5.60. The summed E-state index contributed by atoms with van der Waals surface area (Å²) in [5, 5.41) is 24.3. The number of aromatic hydroxyl groups is 2. The van der Waals surface area contributed by atoms with Crippen molar-refractivity contribution in [2.75, 3.05) is 0 Å². The van der Waals surface area contributed by atoms with E-state index in [4.69, 9.17) is 0 Å². The zero-order valence-corrected chi connectivity index (χ0v) is 17.5. The highest BCUT2D eigenvalue weighted by Gasteiger charge is 2.09. The summed E-state index contributed by atoms with van der Waals surface area (Å²) in [6.45, 7) is 1.63. The maximum atomic E-state index is 12.4. The lowest BCUT2D eigenvalue weighted by Gasteiger charge is -2.06. The number of rotatable bonds is 6. The number of hydrogen-bond donors (Lipinski definition) is 4. The normalized spacial score (nSPS) is 11.6. The van der Waals surface area contributed by atoms with Crippen LogP contribution in [0.2, 0.25) is 0 Å². The number of imidazole rings is 1. The van der Waals surface area contributed by atoms with E-state index in [1.54, 1.807) is 30.8 Å². The molecule has 0 aliphatic rings. The molecule has 0 aliphatic heterocycles. The number of carbonyl (C=O) groups excluding carboxylic acids is 1. The van der Waals surface area contributed by atoms with Crippen molar-refractivity contribution in [1.29, 1.82) is 0 Å². The number of fused-ring (bicyclic) bond motifs is 1. The van der Waals surface area contributed by atoms with E-state index in [1.807, 2.05) is 36.4 Å². The summed E-state index contributed by atoms with van der Waals surface area (Å²) in [5.41, 5.74) is 6.66. The zero-order chi connectivity index (χ0) is 21.8. The van der Waals surface area contributed by atoms with E-state index in [0.717, 1.165) is 27.5 Å². The summed E-state index contributed by atoms with van der Waals surface area (Å²) >= 11 is 1.59. The second kappa shape index (κ2) is 8.93. The molecule has 156 valence electrons. The highest BCUT2D eigenvalue weighted by atomic mass is 32.2. The summed E-state index contributed by atoms with van der Waals surface area (Å²) in [6, 6.07) is 19.3. The standard InChI is InChI=1S/C23H20N4O3S/c1-14(18-12-17(28)10-11-21(18)29)26-27-22(30)16-8-6-15(7-9-16)13-31-23-24-19-4-2-3-5-20(19)25-23/h2-12,28-29H,13H2,1H3,(H,24,25)(H,27,30)/b26-14+. The Balaban J connectivity index is 1.37. The number of hydrazone groups is 1. The number of carbonyl (C=O) groups is 1. The van der Waals surface area contributed by atoms with Crippen LogP contribution in [0.5, 0.6) is 11.5 Å². The molecule has 0 saturated carbocycles. The number of H-pyrrole nitrogens is 1. The Kier molecular flexibility index (Phi) is 5.90. The molecule has 0 saturated heterocycles. The number of phenols is 2. The van der Waals surface area contributed by atoms with Gasteiger partial charge in [-0.2, -0.15) is 5.10 Å². The van der Waals surface area contributed by atoms with Gasteiger partial charge < -0.3 is 15.2 Å². The van der Waals surface area contributed by atoms with Crippen molar-refractivity contribution < 1.29 is 15.0 Å². The number of nitrogens with zero attached hydrogens (tertiary/aromatic N) is 2. The topological polar surface area (TPSA) is 111 Å². The van der Waals surface area contributed by atoms with Crippen molar-refractivity contribution >= 4 is 34.4 Å². The van der Waals surface area contributed by atoms with Gasteiger partial charge in [0.25, 0.3) is 5.91 Å². The number of amides is 1. The monoisotopic (exact) mass is 432 g/mol. The molecule has 7 nitrogen and oxygen atoms in total. The first-order valence-corrected chi connectivity index (χ1v) is 10.5. The quantitative estimate of drug-likeness (QED) is 0.156. The number of benzene rings is 3. The largest absolute Gasteiger partial charge is 0.508 e. The van der Waals surface area contributed by atoms with E-state index in [9.17, 15) is 15.0 Å². The molecule has 8 heteroatoms. The maximum Gasteiger partial charge on any atom is 0.271 e. The number of hydrogen-bond acceptors (Lipinski definition) is 6. The molecule has 31 heavy (non-hydrogen) atoms. The van der Waals surface area contributed by atoms with Crippen LogP contribution in [0.15, 0.2) is 77.0 Å². The first-order valence-electron chi connectivity index (χ1n) is 9.53. The van der Waals surface area contributed by atoms with Crippen LogP contribution in [-0.4, -0.2) is 31.8 Å². The van der Waals surface area contributed by atoms with Crippen LogP contribution in [0.4, 0.5) is 0 Å². The van der Waals surface area contributed by atoms with Gasteiger partial charge in [0.05, 0.1) is 16.7 Å². The Bertz CT molecular complexity index is 1230. The first kappa shape index (κ1) is 20.5. The highest BCUT2D eigenvalue weighted by molar-refractivity contribution is 7.98. The SMILES string of the molecule is C/C(=N\NC(=O)c1ccc(CSc2nc3ccccc3[nH]2)cc1)c1cc(O)ccc1O. The Labute approximate surface area is 182 Å². The molecule has 4 N–H and O–H groups in total. The van der Waals surface area contributed by atoms with Gasteiger partial charge in [0, 0.05) is 16.9 Å². The predicted octanol–water partition coefficient (Wildman–Crippen LogP) is 4.42. The van der Waals surface area contributed by atoms with E-state index >= 15 is 0 Å². The average Bonchev–Trinajstić information content (AvgIpc) is 3.21. The van der Waals surface area contributed by atoms with Gasteiger partial charge in [-0.15, -0.1) is 0 Å². The molecule has 1 amide bonds. The second-order valence-electron chi connectivity index (χ2n) is 6.88. The summed E-state index contributed by atoms with van der Waals surface area (Å²) in [5.74, 6) is 0.329. The number of phenolic OH excluding ortho intramolecular Hbond substituents is 2. The Morgan fingerprint density at radius 1 is 1.10 bits per heavy atom. The van der Waals surface area contributed by atoms with E-state index in [0.29, 0.717) is 16.8 Å². The van der Waals surface area contributed by atoms with Gasteiger partial charge in [0.2, 0.25) is 0 Å². The molecule has 0 aliphatic carbocycles. The summed E-state index contributed by atoms with van der Waals surface area (Å²) < 4.78 is 0. The van der Waals surface area contributed by atoms with Gasteiger partial charge in [-0.1, -0.05) is 36.0 Å². The van der Waals surface area contributed by atoms with Gasteiger partial charge >= 0.3 is 0 Å². The van der Waals surface area contributed by atoms with Crippen molar-refractivity contribution in [1.82, 2.24) is 15.4 Å². The molecule has 1 aromatic heterocycles. The highest BCUT2D eigenvalue weighted by Crippen LogP contribution is 2.24. The number of para-hydroxylation sites is 2. The number of nitrogens with one attached hydrogen (secondary N) is 2. The number of aromatic amines is 1. The van der Waals surface area contributed by atoms with E-state index in [2.05, 4.69) is 20.5 Å². The molecule has 0 unspecified atom stereocenters. The smallest absolute Gasteiger partial charge is 0.271 e. The fourth-order valence-electron chi connectivity index (χ4n) is 2.98. The third-order valence-electron chi connectivity index (χ3n) is 4.65. The van der Waals surface area contributed by atoms with E-state index < -0.39 is 0 Å². The molecule has 0 fully saturated rings. The first-order chi connectivity index (χ1) is 15.0. The van der Waals surface area contributed by atoms with Crippen LogP contribution in [0.1, 0.15) is 28.4 Å². The van der Waals surface area contributed by atoms with Crippen LogP contribution in [0.25, 0.3) is 11.0 Å². The van der Waals surface area contributed by atoms with Crippen LogP contribution in [-0.2, 0) is 5.75 Å². The van der Waals surface area contributed by atoms with E-state index in [1.165, 1.54) is 18.2 Å². The van der Waals surface area contributed by atoms with Gasteiger partial charge in [0.1, 0.15) is 11.5 Å². The van der Waals surface area contributed by atoms with Gasteiger partial charge in [0.15, 0.2) is 5.16 Å². The minimum atomic E-state index is -0.365. The van der Waals surface area contributed by atoms with Crippen molar-refractivity contribution in [3.05, 3.63) is 83.4 Å². The molecule has 0 spiro atoms. The van der Waals surface area contributed by atoms with Crippen LogP contribution in [0, 0.1) is 0 Å². The summed E-state index contributed by atoms with van der Waals surface area (Å²) in [4.78, 5) is 20.2. The Morgan fingerprint density at radius 2 is 1.87 bits per heavy atom. The van der Waals surface area contributed by atoms with Crippen molar-refractivity contribution in [2.45, 2.75) is 17.8 Å². The molecule has 4 aromatic rings. The molecule has 3 aromatic carbocycles. The summed E-state index contributed by atoms with van der Waals surface area (Å²) in [7, 11) is 0. The lowest BCUT2D eigenvalue weighted by molar-refractivity contribution is 0.0955. The fraction of sp³-hybridized carbons (Fsp3) is 0.0870. The van der Waals surface area contributed by atoms with Crippen molar-refractivity contribution in [2.24, 2.45) is 5.10 Å². The Hall–Kier alpha value is -3.78. The predicted molar refractivity (Wildman–Crippen MR) is 122 cm³/mol. The number of aromatic nitrogens is 2. The van der Waals surface area contributed by atoms with E-state index in [-0.39, 0.29) is 17.4 Å². The molecular formula is C23H20N4O3S. The molecule has 4 rings (SSSR count). The van der Waals surface area contributed by atoms with Crippen LogP contribution >= 0.6 is 11.8 Å². The third kappa shape index (κ3) is 4.87. The lowest BCUT2D eigenvalue weighted by atomic mass is 10.1. The number of thioether (sulfide) groups is 1. The maximum absolute atomic E-state index is 12.4. The average molecular weight is 433 g/mol. The van der Waals surface area contributed by atoms with Crippen molar-refractivity contribution in [3.8, 4) is 11.5 Å². The minimum Gasteiger partial charge on any atom is -0.508 e. The molecule has 1 heterocycles. The second-order valence-corrected chi connectivity index (χ2v) is 7.85. The fourth-order valence-corrected chi connectivity index (χ4v) is 3.82. The molecular weight excluding hydrogens is 412 g/mol. The van der Waals surface area contributed by atoms with Crippen molar-refractivity contribution in [3.63, 3.8) is 0 Å². The molecule has 0 radical (unpaired) electrons. The van der Waals surface area contributed by atoms with Crippen LogP contribution < -0.4 is 5.43 Å². The minimum absolute atomic E-state index is 0.00443. The Morgan fingerprint density at radius 3 is 2.65 bits per heavy atom. The lowest BCUT2D eigenvalue weighted by Crippen LogP contribution is -2.19. The van der Waals surface area contributed by atoms with Gasteiger partial charge in [-0.05, 0) is 55.0 Å². The molecule has 0 bridgehead atoms. The molecule has 0 atom stereocenters. The van der Waals surface area contributed by atoms with Gasteiger partial charge in [-0.25, -0.2) is 10.4 Å².